The lowest BCUT2D eigenvalue weighted by molar-refractivity contribution is -0.136. The van der Waals surface area contributed by atoms with Crippen molar-refractivity contribution in [1.82, 2.24) is 9.78 Å². The largest absolute Gasteiger partial charge is 0.481 e. The van der Waals surface area contributed by atoms with Crippen molar-refractivity contribution in [3.05, 3.63) is 47.8 Å². The lowest BCUT2D eigenvalue weighted by Gasteiger charge is -2.09. The number of rotatable bonds is 4. The van der Waals surface area contributed by atoms with Gasteiger partial charge in [-0.3, -0.25) is 4.79 Å². The summed E-state index contributed by atoms with van der Waals surface area (Å²) < 4.78 is 1.82. The van der Waals surface area contributed by atoms with Gasteiger partial charge >= 0.3 is 5.97 Å². The summed E-state index contributed by atoms with van der Waals surface area (Å²) in [5, 5.41) is 13.2. The average molecular weight is 244 g/mol. The molecule has 1 heterocycles. The van der Waals surface area contributed by atoms with Gasteiger partial charge in [0, 0.05) is 5.69 Å². The van der Waals surface area contributed by atoms with Crippen molar-refractivity contribution < 1.29 is 9.90 Å². The molecular formula is C14H16N2O2. The predicted molar refractivity (Wildman–Crippen MR) is 69.0 cm³/mol. The molecule has 0 spiro atoms. The van der Waals surface area contributed by atoms with Gasteiger partial charge in [0.2, 0.25) is 0 Å². The summed E-state index contributed by atoms with van der Waals surface area (Å²) in [4.78, 5) is 10.7. The zero-order valence-corrected chi connectivity index (χ0v) is 10.5. The Kier molecular flexibility index (Phi) is 3.46. The standard InChI is InChI=1S/C14H16N2O2/c1-10(2)13-8-11(9-14(17)18)15-16(13)12-6-4-3-5-7-12/h3-8,10H,9H2,1-2H3,(H,17,18). The Labute approximate surface area is 106 Å². The van der Waals surface area contributed by atoms with Gasteiger partial charge in [0.1, 0.15) is 0 Å². The first kappa shape index (κ1) is 12.4. The molecule has 0 unspecified atom stereocenters. The van der Waals surface area contributed by atoms with Crippen molar-refractivity contribution in [3.63, 3.8) is 0 Å². The number of carbonyl (C=O) groups is 1. The number of aliphatic carboxylic acids is 1. The molecule has 94 valence electrons. The molecule has 0 radical (unpaired) electrons. The highest BCUT2D eigenvalue weighted by Crippen LogP contribution is 2.20. The molecule has 0 aliphatic rings. The van der Waals surface area contributed by atoms with Crippen LogP contribution in [0.2, 0.25) is 0 Å². The number of aromatic nitrogens is 2. The van der Waals surface area contributed by atoms with Crippen molar-refractivity contribution in [2.75, 3.05) is 0 Å². The molecule has 1 N–H and O–H groups in total. The van der Waals surface area contributed by atoms with Crippen LogP contribution in [0.1, 0.15) is 31.2 Å². The van der Waals surface area contributed by atoms with E-state index < -0.39 is 5.97 Å². The number of nitrogens with zero attached hydrogens (tertiary/aromatic N) is 2. The molecule has 0 aliphatic heterocycles. The molecule has 2 rings (SSSR count). The van der Waals surface area contributed by atoms with Gasteiger partial charge in [-0.05, 0) is 24.1 Å². The number of para-hydroxylation sites is 1. The molecule has 0 bridgehead atoms. The summed E-state index contributed by atoms with van der Waals surface area (Å²) in [5.74, 6) is -0.566. The van der Waals surface area contributed by atoms with Crippen LogP contribution in [-0.2, 0) is 11.2 Å². The fourth-order valence-electron chi connectivity index (χ4n) is 1.88. The Bertz CT molecular complexity index is 544. The molecule has 4 heteroatoms. The van der Waals surface area contributed by atoms with Gasteiger partial charge in [-0.1, -0.05) is 32.0 Å². The predicted octanol–water partition coefficient (Wildman–Crippen LogP) is 2.62. The van der Waals surface area contributed by atoms with Gasteiger partial charge in [-0.15, -0.1) is 0 Å². The first-order chi connectivity index (χ1) is 8.58. The topological polar surface area (TPSA) is 55.1 Å². The van der Waals surface area contributed by atoms with Gasteiger partial charge < -0.3 is 5.11 Å². The van der Waals surface area contributed by atoms with Crippen LogP contribution in [0.3, 0.4) is 0 Å². The highest BCUT2D eigenvalue weighted by molar-refractivity contribution is 5.69. The molecule has 0 saturated heterocycles. The zero-order valence-electron chi connectivity index (χ0n) is 10.5. The van der Waals surface area contributed by atoms with Crippen molar-refractivity contribution in [3.8, 4) is 5.69 Å². The number of hydrogen-bond donors (Lipinski definition) is 1. The van der Waals surface area contributed by atoms with Crippen LogP contribution in [0.4, 0.5) is 0 Å². The maximum atomic E-state index is 10.7. The van der Waals surface area contributed by atoms with E-state index in [1.165, 1.54) is 0 Å². The Morgan fingerprint density at radius 2 is 2.00 bits per heavy atom. The maximum absolute atomic E-state index is 10.7. The van der Waals surface area contributed by atoms with E-state index in [0.29, 0.717) is 11.6 Å². The van der Waals surface area contributed by atoms with Crippen molar-refractivity contribution in [1.29, 1.82) is 0 Å². The van der Waals surface area contributed by atoms with E-state index in [2.05, 4.69) is 18.9 Å². The van der Waals surface area contributed by atoms with Gasteiger partial charge in [-0.2, -0.15) is 5.10 Å². The number of carboxylic acid groups (broad SMARTS) is 1. The molecule has 0 fully saturated rings. The van der Waals surface area contributed by atoms with E-state index in [1.807, 2.05) is 41.1 Å². The van der Waals surface area contributed by atoms with Crippen LogP contribution in [0.25, 0.3) is 5.69 Å². The minimum absolute atomic E-state index is 0.0421. The van der Waals surface area contributed by atoms with Crippen LogP contribution < -0.4 is 0 Å². The van der Waals surface area contributed by atoms with E-state index in [0.717, 1.165) is 11.4 Å². The van der Waals surface area contributed by atoms with Crippen LogP contribution in [0, 0.1) is 0 Å². The van der Waals surface area contributed by atoms with Crippen LogP contribution in [0.5, 0.6) is 0 Å². The maximum Gasteiger partial charge on any atom is 0.309 e. The number of benzene rings is 1. The summed E-state index contributed by atoms with van der Waals surface area (Å²) in [6.45, 7) is 4.14. The lowest BCUT2D eigenvalue weighted by atomic mass is 10.1. The third-order valence-electron chi connectivity index (χ3n) is 2.71. The molecule has 0 aliphatic carbocycles. The minimum atomic E-state index is -0.858. The summed E-state index contributed by atoms with van der Waals surface area (Å²) in [5.41, 5.74) is 2.57. The fourth-order valence-corrected chi connectivity index (χ4v) is 1.88. The van der Waals surface area contributed by atoms with Gasteiger partial charge in [0.05, 0.1) is 17.8 Å². The second-order valence-electron chi connectivity index (χ2n) is 4.53. The Balaban J connectivity index is 2.45. The molecule has 1 aromatic carbocycles. The van der Waals surface area contributed by atoms with Crippen molar-refractivity contribution >= 4 is 5.97 Å². The first-order valence-electron chi connectivity index (χ1n) is 5.94. The molecule has 2 aromatic rings. The Morgan fingerprint density at radius 1 is 1.33 bits per heavy atom. The highest BCUT2D eigenvalue weighted by Gasteiger charge is 2.14. The summed E-state index contributed by atoms with van der Waals surface area (Å²) in [7, 11) is 0. The summed E-state index contributed by atoms with van der Waals surface area (Å²) >= 11 is 0. The lowest BCUT2D eigenvalue weighted by Crippen LogP contribution is -2.04. The van der Waals surface area contributed by atoms with Crippen LogP contribution in [-0.4, -0.2) is 20.9 Å². The van der Waals surface area contributed by atoms with E-state index in [-0.39, 0.29) is 6.42 Å². The zero-order chi connectivity index (χ0) is 13.1. The van der Waals surface area contributed by atoms with E-state index in [1.54, 1.807) is 0 Å². The van der Waals surface area contributed by atoms with Gasteiger partial charge in [0.25, 0.3) is 0 Å². The van der Waals surface area contributed by atoms with E-state index in [4.69, 9.17) is 5.11 Å². The van der Waals surface area contributed by atoms with E-state index in [9.17, 15) is 4.79 Å². The summed E-state index contributed by atoms with van der Waals surface area (Å²) in [6, 6.07) is 11.6. The molecule has 0 saturated carbocycles. The second kappa shape index (κ2) is 5.04. The van der Waals surface area contributed by atoms with Gasteiger partial charge in [0.15, 0.2) is 0 Å². The fraction of sp³-hybridized carbons (Fsp3) is 0.286. The van der Waals surface area contributed by atoms with Crippen molar-refractivity contribution in [2.45, 2.75) is 26.2 Å². The Hall–Kier alpha value is -2.10. The van der Waals surface area contributed by atoms with E-state index >= 15 is 0 Å². The molecule has 18 heavy (non-hydrogen) atoms. The smallest absolute Gasteiger partial charge is 0.309 e. The third-order valence-corrected chi connectivity index (χ3v) is 2.71. The highest BCUT2D eigenvalue weighted by atomic mass is 16.4. The number of hydrogen-bond acceptors (Lipinski definition) is 2. The second-order valence-corrected chi connectivity index (χ2v) is 4.53. The summed E-state index contributed by atoms with van der Waals surface area (Å²) in [6.07, 6.45) is -0.0421. The molecule has 4 nitrogen and oxygen atoms in total. The van der Waals surface area contributed by atoms with Crippen molar-refractivity contribution in [2.24, 2.45) is 0 Å². The first-order valence-corrected chi connectivity index (χ1v) is 5.94. The Morgan fingerprint density at radius 3 is 2.56 bits per heavy atom. The minimum Gasteiger partial charge on any atom is -0.481 e. The van der Waals surface area contributed by atoms with Gasteiger partial charge in [-0.25, -0.2) is 4.68 Å². The average Bonchev–Trinajstić information content (AvgIpc) is 2.73. The number of carboxylic acids is 1. The SMILES string of the molecule is CC(C)c1cc(CC(=O)O)nn1-c1ccccc1. The molecule has 0 atom stereocenters. The molecule has 1 aromatic heterocycles. The van der Waals surface area contributed by atoms with Crippen LogP contribution in [0.15, 0.2) is 36.4 Å². The normalized spacial score (nSPS) is 10.8. The monoisotopic (exact) mass is 244 g/mol. The quantitative estimate of drug-likeness (QED) is 0.899. The molecule has 0 amide bonds. The molecular weight excluding hydrogens is 228 g/mol. The van der Waals surface area contributed by atoms with Crippen LogP contribution >= 0.6 is 0 Å². The third kappa shape index (κ3) is 2.59.